The van der Waals surface area contributed by atoms with Crippen LogP contribution in [0.3, 0.4) is 0 Å². The lowest BCUT2D eigenvalue weighted by molar-refractivity contribution is -0.137. The maximum Gasteiger partial charge on any atom is 0.303 e. The van der Waals surface area contributed by atoms with Crippen LogP contribution in [0.5, 0.6) is 0 Å². The Kier molecular flexibility index (Phi) is 6.72. The summed E-state index contributed by atoms with van der Waals surface area (Å²) in [5, 5.41) is 20.0. The smallest absolute Gasteiger partial charge is 0.303 e. The van der Waals surface area contributed by atoms with Crippen LogP contribution in [0.1, 0.15) is 39.5 Å². The summed E-state index contributed by atoms with van der Waals surface area (Å²) in [5.41, 5.74) is 0.0536. The quantitative estimate of drug-likeness (QED) is 0.601. The van der Waals surface area contributed by atoms with Gasteiger partial charge in [0.05, 0.1) is 6.07 Å². The van der Waals surface area contributed by atoms with Gasteiger partial charge < -0.3 is 10.4 Å². The van der Waals surface area contributed by atoms with E-state index in [-0.39, 0.29) is 11.8 Å². The minimum atomic E-state index is -0.736. The van der Waals surface area contributed by atoms with Gasteiger partial charge in [0.15, 0.2) is 0 Å². The highest BCUT2D eigenvalue weighted by Crippen LogP contribution is 2.25. The Morgan fingerprint density at radius 2 is 2.07 bits per heavy atom. The van der Waals surface area contributed by atoms with Crippen LogP contribution in [0.4, 0.5) is 0 Å². The van der Waals surface area contributed by atoms with Crippen molar-refractivity contribution in [3.05, 3.63) is 0 Å². The van der Waals surface area contributed by atoms with Gasteiger partial charge in [-0.3, -0.25) is 4.79 Å². The molecule has 15 heavy (non-hydrogen) atoms. The second-order valence-corrected chi connectivity index (χ2v) is 4.47. The Morgan fingerprint density at radius 3 is 2.60 bits per heavy atom. The topological polar surface area (TPSA) is 73.1 Å². The molecule has 0 aromatic heterocycles. The molecule has 0 bridgehead atoms. The van der Waals surface area contributed by atoms with Gasteiger partial charge in [-0.2, -0.15) is 5.26 Å². The minimum Gasteiger partial charge on any atom is -0.481 e. The van der Waals surface area contributed by atoms with Crippen LogP contribution in [0.2, 0.25) is 0 Å². The van der Waals surface area contributed by atoms with E-state index in [4.69, 9.17) is 10.4 Å². The van der Waals surface area contributed by atoms with Crippen LogP contribution in [-0.2, 0) is 4.79 Å². The van der Waals surface area contributed by atoms with Crippen molar-refractivity contribution in [2.24, 2.45) is 5.41 Å². The van der Waals surface area contributed by atoms with Crippen molar-refractivity contribution in [1.29, 1.82) is 5.26 Å². The summed E-state index contributed by atoms with van der Waals surface area (Å²) in [4.78, 5) is 10.4. The molecule has 0 atom stereocenters. The molecule has 4 nitrogen and oxygen atoms in total. The molecule has 4 heteroatoms. The van der Waals surface area contributed by atoms with Crippen molar-refractivity contribution in [2.45, 2.75) is 39.5 Å². The van der Waals surface area contributed by atoms with Gasteiger partial charge in [-0.05, 0) is 24.8 Å². The van der Waals surface area contributed by atoms with E-state index in [9.17, 15) is 4.79 Å². The van der Waals surface area contributed by atoms with Crippen LogP contribution in [-0.4, -0.2) is 24.2 Å². The zero-order valence-corrected chi connectivity index (χ0v) is 9.55. The fraction of sp³-hybridized carbons (Fsp3) is 0.818. The second-order valence-electron chi connectivity index (χ2n) is 4.47. The SMILES string of the molecule is CC(C)(CCNCCC#N)CCC(=O)O. The Labute approximate surface area is 91.3 Å². The lowest BCUT2D eigenvalue weighted by Gasteiger charge is -2.23. The number of carbonyl (C=O) groups is 1. The maximum absolute atomic E-state index is 10.4. The lowest BCUT2D eigenvalue weighted by Crippen LogP contribution is -2.23. The number of hydrogen-bond acceptors (Lipinski definition) is 3. The maximum atomic E-state index is 10.4. The molecule has 0 aliphatic rings. The van der Waals surface area contributed by atoms with E-state index in [1.165, 1.54) is 0 Å². The van der Waals surface area contributed by atoms with Crippen molar-refractivity contribution < 1.29 is 9.90 Å². The summed E-state index contributed by atoms with van der Waals surface area (Å²) in [7, 11) is 0. The lowest BCUT2D eigenvalue weighted by atomic mass is 9.84. The molecule has 0 amide bonds. The van der Waals surface area contributed by atoms with Gasteiger partial charge in [0.2, 0.25) is 0 Å². The number of nitrogens with zero attached hydrogens (tertiary/aromatic N) is 1. The third-order valence-corrected chi connectivity index (χ3v) is 2.41. The average Bonchev–Trinajstić information content (AvgIpc) is 2.15. The minimum absolute atomic E-state index is 0.0536. The van der Waals surface area contributed by atoms with Crippen molar-refractivity contribution in [2.75, 3.05) is 13.1 Å². The molecular weight excluding hydrogens is 192 g/mol. The molecule has 0 spiro atoms. The summed E-state index contributed by atoms with van der Waals surface area (Å²) in [5.74, 6) is -0.736. The number of carboxylic acid groups (broad SMARTS) is 1. The van der Waals surface area contributed by atoms with Gasteiger partial charge in [0.25, 0.3) is 0 Å². The fourth-order valence-corrected chi connectivity index (χ4v) is 1.27. The van der Waals surface area contributed by atoms with Crippen LogP contribution in [0, 0.1) is 16.7 Å². The Balaban J connectivity index is 3.56. The monoisotopic (exact) mass is 212 g/mol. The molecule has 0 heterocycles. The van der Waals surface area contributed by atoms with Crippen molar-refractivity contribution in [3.63, 3.8) is 0 Å². The Bertz CT molecular complexity index is 231. The van der Waals surface area contributed by atoms with E-state index in [1.807, 2.05) is 0 Å². The van der Waals surface area contributed by atoms with E-state index in [1.54, 1.807) is 0 Å². The highest BCUT2D eigenvalue weighted by Gasteiger charge is 2.18. The molecule has 2 N–H and O–H groups in total. The second kappa shape index (κ2) is 7.24. The predicted octanol–water partition coefficient (Wildman–Crippen LogP) is 1.77. The molecule has 0 fully saturated rings. The molecule has 0 rings (SSSR count). The van der Waals surface area contributed by atoms with Gasteiger partial charge in [0, 0.05) is 19.4 Å². The molecule has 0 aromatic rings. The highest BCUT2D eigenvalue weighted by molar-refractivity contribution is 5.66. The summed E-state index contributed by atoms with van der Waals surface area (Å²) >= 11 is 0. The number of carboxylic acids is 1. The largest absolute Gasteiger partial charge is 0.481 e. The van der Waals surface area contributed by atoms with Crippen molar-refractivity contribution in [1.82, 2.24) is 5.32 Å². The number of rotatable bonds is 8. The van der Waals surface area contributed by atoms with Gasteiger partial charge >= 0.3 is 5.97 Å². The molecule has 0 aliphatic carbocycles. The average molecular weight is 212 g/mol. The van der Waals surface area contributed by atoms with Gasteiger partial charge in [-0.25, -0.2) is 0 Å². The normalized spacial score (nSPS) is 11.0. The molecule has 0 aromatic carbocycles. The van der Waals surface area contributed by atoms with E-state index in [0.717, 1.165) is 13.0 Å². The summed E-state index contributed by atoms with van der Waals surface area (Å²) in [6, 6.07) is 2.07. The van der Waals surface area contributed by atoms with E-state index < -0.39 is 5.97 Å². The molecule has 0 radical (unpaired) electrons. The van der Waals surface area contributed by atoms with E-state index in [0.29, 0.717) is 19.4 Å². The zero-order valence-electron chi connectivity index (χ0n) is 9.55. The third kappa shape index (κ3) is 9.23. The fourth-order valence-electron chi connectivity index (χ4n) is 1.27. The summed E-state index contributed by atoms with van der Waals surface area (Å²) in [6.45, 7) is 5.70. The summed E-state index contributed by atoms with van der Waals surface area (Å²) in [6.07, 6.45) is 2.38. The molecule has 0 aliphatic heterocycles. The predicted molar refractivity (Wildman–Crippen MR) is 58.4 cm³/mol. The molecule has 0 saturated heterocycles. The first-order valence-electron chi connectivity index (χ1n) is 5.27. The number of nitriles is 1. The number of nitrogens with one attached hydrogen (secondary N) is 1. The summed E-state index contributed by atoms with van der Waals surface area (Å²) < 4.78 is 0. The van der Waals surface area contributed by atoms with Gasteiger partial charge in [0.1, 0.15) is 0 Å². The number of hydrogen-bond donors (Lipinski definition) is 2. The first-order chi connectivity index (χ1) is 6.98. The Hall–Kier alpha value is -1.08. The number of aliphatic carboxylic acids is 1. The van der Waals surface area contributed by atoms with Gasteiger partial charge in [-0.1, -0.05) is 13.8 Å². The van der Waals surface area contributed by atoms with Crippen LogP contribution in [0.25, 0.3) is 0 Å². The first kappa shape index (κ1) is 13.9. The van der Waals surface area contributed by atoms with E-state index >= 15 is 0 Å². The first-order valence-corrected chi connectivity index (χ1v) is 5.27. The van der Waals surface area contributed by atoms with Crippen molar-refractivity contribution in [3.8, 4) is 6.07 Å². The molecule has 86 valence electrons. The molecular formula is C11H20N2O2. The molecule has 0 unspecified atom stereocenters. The zero-order chi connectivity index (χ0) is 11.7. The van der Waals surface area contributed by atoms with Crippen LogP contribution >= 0.6 is 0 Å². The third-order valence-electron chi connectivity index (χ3n) is 2.41. The van der Waals surface area contributed by atoms with Crippen molar-refractivity contribution >= 4 is 5.97 Å². The van der Waals surface area contributed by atoms with Gasteiger partial charge in [-0.15, -0.1) is 0 Å². The Morgan fingerprint density at radius 1 is 1.40 bits per heavy atom. The van der Waals surface area contributed by atoms with E-state index in [2.05, 4.69) is 25.2 Å². The van der Waals surface area contributed by atoms with Crippen LogP contribution in [0.15, 0.2) is 0 Å². The molecule has 0 saturated carbocycles. The highest BCUT2D eigenvalue weighted by atomic mass is 16.4. The standard InChI is InChI=1S/C11H20N2O2/c1-11(2,5-4-10(14)15)6-9-13-8-3-7-12/h13H,3-6,8-9H2,1-2H3,(H,14,15). The van der Waals surface area contributed by atoms with Crippen LogP contribution < -0.4 is 5.32 Å².